The average molecular weight is 966 g/mol. The minimum atomic E-state index is 0.652. The largest absolute Gasteiger partial charge is 0.399 e. The van der Waals surface area contributed by atoms with Gasteiger partial charge < -0.3 is 11.5 Å². The molecule has 0 aromatic heterocycles. The summed E-state index contributed by atoms with van der Waals surface area (Å²) >= 11 is 0. The summed E-state index contributed by atoms with van der Waals surface area (Å²) in [4.78, 5) is 0. The first-order valence-electron chi connectivity index (χ1n) is 31.2. The fraction of sp³-hybridized carbons (Fsp3) is 0.735. The molecule has 70 heavy (non-hydrogen) atoms. The van der Waals surface area contributed by atoms with E-state index in [-0.39, 0.29) is 0 Å². The molecule has 0 aliphatic rings. The van der Waals surface area contributed by atoms with Crippen LogP contribution in [0.4, 0.5) is 5.69 Å². The summed E-state index contributed by atoms with van der Waals surface area (Å²) in [6, 6.07) is 26.2. The second kappa shape index (κ2) is 52.7. The van der Waals surface area contributed by atoms with Crippen molar-refractivity contribution in [3.05, 3.63) is 101 Å². The van der Waals surface area contributed by atoms with Gasteiger partial charge in [-0.25, -0.2) is 0 Å². The minimum absolute atomic E-state index is 0.652. The quantitative estimate of drug-likeness (QED) is 0.0438. The third-order valence-electron chi connectivity index (χ3n) is 14.8. The van der Waals surface area contributed by atoms with E-state index >= 15 is 0 Å². The monoisotopic (exact) mass is 965 g/mol. The second-order valence-electron chi connectivity index (χ2n) is 21.8. The highest BCUT2D eigenvalue weighted by Crippen LogP contribution is 2.18. The maximum absolute atomic E-state index is 5.71. The molecule has 0 aliphatic heterocycles. The molecule has 2 nitrogen and oxygen atoms in total. The first-order chi connectivity index (χ1) is 34.5. The van der Waals surface area contributed by atoms with Gasteiger partial charge in [-0.15, -0.1) is 0 Å². The first kappa shape index (κ1) is 65.4. The van der Waals surface area contributed by atoms with Crippen molar-refractivity contribution in [3.8, 4) is 0 Å². The SMILES string of the molecule is CCCCCCCCCCCCCCCCc1ccc(C)cc1.CCCCCCCCCCCCCCCCc1ccc(CN)cc1.CCCCCCCCCCCCCCCCc1ccc(N)cc1. The molecule has 3 aromatic carbocycles. The Labute approximate surface area is 438 Å². The van der Waals surface area contributed by atoms with Crippen LogP contribution in [0.2, 0.25) is 0 Å². The van der Waals surface area contributed by atoms with Gasteiger partial charge in [0, 0.05) is 12.2 Å². The van der Waals surface area contributed by atoms with Crippen LogP contribution in [-0.2, 0) is 25.8 Å². The lowest BCUT2D eigenvalue weighted by Gasteiger charge is -2.04. The maximum atomic E-state index is 5.71. The van der Waals surface area contributed by atoms with Crippen LogP contribution in [0, 0.1) is 6.92 Å². The van der Waals surface area contributed by atoms with Gasteiger partial charge in [0.1, 0.15) is 0 Å². The number of anilines is 1. The lowest BCUT2D eigenvalue weighted by Crippen LogP contribution is -1.96. The van der Waals surface area contributed by atoms with Crippen molar-refractivity contribution in [2.75, 3.05) is 5.73 Å². The molecule has 0 amide bonds. The molecular formula is C68H120N2. The molecule has 0 heterocycles. The van der Waals surface area contributed by atoms with E-state index in [1.807, 2.05) is 12.1 Å². The number of hydrogen-bond acceptors (Lipinski definition) is 2. The van der Waals surface area contributed by atoms with Crippen molar-refractivity contribution in [2.24, 2.45) is 5.73 Å². The van der Waals surface area contributed by atoms with Gasteiger partial charge in [0.25, 0.3) is 0 Å². The van der Waals surface area contributed by atoms with E-state index in [0.717, 1.165) is 5.69 Å². The predicted octanol–water partition coefficient (Wildman–Crippen LogP) is 22.5. The van der Waals surface area contributed by atoms with Crippen LogP contribution < -0.4 is 11.5 Å². The number of aryl methyl sites for hydroxylation is 4. The smallest absolute Gasteiger partial charge is 0.0314 e. The van der Waals surface area contributed by atoms with E-state index in [1.54, 1.807) is 0 Å². The van der Waals surface area contributed by atoms with Gasteiger partial charge in [-0.05, 0) is 79.8 Å². The van der Waals surface area contributed by atoms with Crippen molar-refractivity contribution in [1.82, 2.24) is 0 Å². The lowest BCUT2D eigenvalue weighted by atomic mass is 10.0. The molecule has 0 unspecified atom stereocenters. The molecule has 0 fully saturated rings. The van der Waals surface area contributed by atoms with Crippen LogP contribution in [0.5, 0.6) is 0 Å². The minimum Gasteiger partial charge on any atom is -0.399 e. The molecule has 402 valence electrons. The molecule has 0 aliphatic carbocycles. The van der Waals surface area contributed by atoms with E-state index in [9.17, 15) is 0 Å². The molecule has 0 saturated carbocycles. The zero-order chi connectivity index (χ0) is 50.5. The summed E-state index contributed by atoms with van der Waals surface area (Å²) in [5.41, 5.74) is 19.2. The summed E-state index contributed by atoms with van der Waals surface area (Å²) in [6.45, 7) is 9.69. The maximum Gasteiger partial charge on any atom is 0.0314 e. The molecule has 0 bridgehead atoms. The van der Waals surface area contributed by atoms with E-state index < -0.39 is 0 Å². The Morgan fingerprint density at radius 3 is 0.657 bits per heavy atom. The Morgan fingerprint density at radius 1 is 0.243 bits per heavy atom. The second-order valence-corrected chi connectivity index (χ2v) is 21.8. The number of nitrogens with two attached hydrogens (primary N) is 2. The molecule has 3 rings (SSSR count). The molecule has 4 N–H and O–H groups in total. The predicted molar refractivity (Wildman–Crippen MR) is 318 cm³/mol. The topological polar surface area (TPSA) is 52.0 Å². The number of nitrogen functional groups attached to an aromatic ring is 1. The Bertz CT molecular complexity index is 1350. The van der Waals surface area contributed by atoms with Gasteiger partial charge in [-0.1, -0.05) is 337 Å². The Hall–Kier alpha value is -2.58. The van der Waals surface area contributed by atoms with Crippen molar-refractivity contribution >= 4 is 5.69 Å². The van der Waals surface area contributed by atoms with Crippen LogP contribution in [0.1, 0.15) is 318 Å². The van der Waals surface area contributed by atoms with Crippen LogP contribution in [0.15, 0.2) is 72.8 Å². The molecule has 2 heteroatoms. The highest BCUT2D eigenvalue weighted by molar-refractivity contribution is 5.39. The summed E-state index contributed by atoms with van der Waals surface area (Å²) < 4.78 is 0. The van der Waals surface area contributed by atoms with E-state index in [4.69, 9.17) is 11.5 Å². The molecule has 0 spiro atoms. The number of hydrogen-bond donors (Lipinski definition) is 2. The van der Waals surface area contributed by atoms with Crippen molar-refractivity contribution in [2.45, 2.75) is 323 Å². The Balaban J connectivity index is 0.000000525. The number of rotatable bonds is 46. The van der Waals surface area contributed by atoms with Crippen molar-refractivity contribution in [3.63, 3.8) is 0 Å². The zero-order valence-electron chi connectivity index (χ0n) is 47.6. The molecule has 0 atom stereocenters. The Kier molecular flexibility index (Phi) is 49.3. The van der Waals surface area contributed by atoms with Crippen molar-refractivity contribution in [1.29, 1.82) is 0 Å². The van der Waals surface area contributed by atoms with E-state index in [1.165, 1.54) is 317 Å². The third-order valence-corrected chi connectivity index (χ3v) is 14.8. The van der Waals surface area contributed by atoms with Crippen LogP contribution in [0.3, 0.4) is 0 Å². The van der Waals surface area contributed by atoms with Crippen molar-refractivity contribution < 1.29 is 0 Å². The first-order valence-corrected chi connectivity index (χ1v) is 31.2. The summed E-state index contributed by atoms with van der Waals surface area (Å²) in [7, 11) is 0. The van der Waals surface area contributed by atoms with Crippen LogP contribution in [-0.4, -0.2) is 0 Å². The summed E-state index contributed by atoms with van der Waals surface area (Å²) in [5, 5.41) is 0. The van der Waals surface area contributed by atoms with Crippen LogP contribution >= 0.6 is 0 Å². The third kappa shape index (κ3) is 45.3. The average Bonchev–Trinajstić information content (AvgIpc) is 3.38. The van der Waals surface area contributed by atoms with Gasteiger partial charge in [0.05, 0.1) is 0 Å². The zero-order valence-corrected chi connectivity index (χ0v) is 47.6. The van der Waals surface area contributed by atoms with Gasteiger partial charge in [0.2, 0.25) is 0 Å². The molecule has 0 radical (unpaired) electrons. The lowest BCUT2D eigenvalue weighted by molar-refractivity contribution is 0.535. The fourth-order valence-electron chi connectivity index (χ4n) is 9.85. The summed E-state index contributed by atoms with van der Waals surface area (Å²) in [5.74, 6) is 0. The van der Waals surface area contributed by atoms with E-state index in [0.29, 0.717) is 6.54 Å². The molecule has 3 aromatic rings. The molecular weight excluding hydrogens is 845 g/mol. The number of unbranched alkanes of at least 4 members (excludes halogenated alkanes) is 39. The van der Waals surface area contributed by atoms with Gasteiger partial charge in [-0.2, -0.15) is 0 Å². The normalized spacial score (nSPS) is 11.0. The highest BCUT2D eigenvalue weighted by atomic mass is 14.5. The van der Waals surface area contributed by atoms with Crippen LogP contribution in [0.25, 0.3) is 0 Å². The standard InChI is InChI=1S/C23H41N.C23H40.C22H39N/c1-2-3-4-5-6-7-8-9-10-11-12-13-14-15-16-22-17-19-23(21-24)20-18-22;1-3-4-5-6-7-8-9-10-11-12-13-14-15-16-17-23-20-18-22(2)19-21-23;1-2-3-4-5-6-7-8-9-10-11-12-13-14-15-16-21-17-19-22(23)20-18-21/h17-20H,2-16,21,24H2,1H3;18-21H,3-17H2,1-2H3;17-20H,2-16,23H2,1H3. The fourth-order valence-corrected chi connectivity index (χ4v) is 9.85. The van der Waals surface area contributed by atoms with Gasteiger partial charge in [0.15, 0.2) is 0 Å². The van der Waals surface area contributed by atoms with E-state index in [2.05, 4.69) is 88.4 Å². The van der Waals surface area contributed by atoms with Gasteiger partial charge >= 0.3 is 0 Å². The number of benzene rings is 3. The summed E-state index contributed by atoms with van der Waals surface area (Å²) in [6.07, 6.45) is 63.9. The Morgan fingerprint density at radius 2 is 0.429 bits per heavy atom. The highest BCUT2D eigenvalue weighted by Gasteiger charge is 2.00. The van der Waals surface area contributed by atoms with Gasteiger partial charge in [-0.3, -0.25) is 0 Å². The molecule has 0 saturated heterocycles.